The molecule has 7 heavy (non-hydrogen) atoms. The van der Waals surface area contributed by atoms with Crippen LogP contribution < -0.4 is 0 Å². The minimum absolute atomic E-state index is 0.365. The van der Waals surface area contributed by atoms with E-state index in [1.807, 2.05) is 0 Å². The van der Waals surface area contributed by atoms with Gasteiger partial charge in [0.2, 0.25) is 0 Å². The minimum Gasteiger partial charge on any atom is -0.352 e. The fraction of sp³-hybridized carbons (Fsp3) is 1.00. The van der Waals surface area contributed by atoms with Gasteiger partial charge in [0.05, 0.1) is 6.61 Å². The van der Waals surface area contributed by atoms with Crippen molar-refractivity contribution in [3.63, 3.8) is 0 Å². The predicted molar refractivity (Wildman–Crippen MR) is 24.2 cm³/mol. The van der Waals surface area contributed by atoms with E-state index in [-0.39, 0.29) is 6.79 Å². The van der Waals surface area contributed by atoms with Crippen LogP contribution in [0.3, 0.4) is 0 Å². The first-order valence-corrected chi connectivity index (χ1v) is 2.59. The quantitative estimate of drug-likeness (QED) is 0.483. The Hall–Kier alpha value is -0.0800. The average Bonchev–Trinajstić information content (AvgIpc) is 2.42. The maximum atomic E-state index is 9.64. The number of hydrogen-bond donors (Lipinski definition) is 0. The summed E-state index contributed by atoms with van der Waals surface area (Å²) >= 11 is 0. The molecule has 1 rings (SSSR count). The highest BCUT2D eigenvalue weighted by molar-refractivity contribution is 4.71. The zero-order valence-corrected chi connectivity index (χ0v) is 4.22. The van der Waals surface area contributed by atoms with E-state index in [1.165, 1.54) is 12.8 Å². The second-order valence-electron chi connectivity index (χ2n) is 1.93. The first-order chi connectivity index (χ1) is 3.43. The van der Waals surface area contributed by atoms with Crippen LogP contribution in [0.25, 0.3) is 0 Å². The molecule has 0 aromatic heterocycles. The second kappa shape index (κ2) is 2.28. The molecule has 0 unspecified atom stereocenters. The van der Waals surface area contributed by atoms with Crippen LogP contribution in [0.15, 0.2) is 0 Å². The van der Waals surface area contributed by atoms with Crippen LogP contribution in [0.2, 0.25) is 0 Å². The fourth-order valence-electron chi connectivity index (χ4n) is 0.499. The molecule has 1 aliphatic carbocycles. The minimum atomic E-state index is -0.365. The molecule has 0 N–H and O–H groups in total. The van der Waals surface area contributed by atoms with E-state index < -0.39 is 0 Å². The lowest BCUT2D eigenvalue weighted by molar-refractivity contribution is -0.0474. The zero-order chi connectivity index (χ0) is 5.11. The molecule has 0 aliphatic heterocycles. The fourth-order valence-corrected chi connectivity index (χ4v) is 0.499. The molecule has 1 fully saturated rings. The monoisotopic (exact) mass is 101 g/mol. The van der Waals surface area contributed by atoms with E-state index in [0.29, 0.717) is 6.61 Å². The summed E-state index contributed by atoms with van der Waals surface area (Å²) in [5, 5.41) is 9.64. The van der Waals surface area contributed by atoms with Crippen molar-refractivity contribution in [2.45, 2.75) is 12.8 Å². The lowest BCUT2D eigenvalue weighted by atomic mass is 10.5. The molecule has 0 bridgehead atoms. The maximum Gasteiger partial charge on any atom is 0.180 e. The van der Waals surface area contributed by atoms with E-state index in [2.05, 4.69) is 4.74 Å². The summed E-state index contributed by atoms with van der Waals surface area (Å²) in [6.45, 7) is 0.333. The van der Waals surface area contributed by atoms with Gasteiger partial charge in [-0.25, -0.2) is 5.11 Å². The van der Waals surface area contributed by atoms with Crippen molar-refractivity contribution < 1.29 is 9.84 Å². The van der Waals surface area contributed by atoms with E-state index in [9.17, 15) is 5.11 Å². The molecule has 2 heteroatoms. The van der Waals surface area contributed by atoms with Crippen molar-refractivity contribution in [3.8, 4) is 0 Å². The van der Waals surface area contributed by atoms with Gasteiger partial charge in [0.1, 0.15) is 0 Å². The van der Waals surface area contributed by atoms with Crippen molar-refractivity contribution in [2.75, 3.05) is 13.4 Å². The Morgan fingerprint density at radius 3 is 2.71 bits per heavy atom. The smallest absolute Gasteiger partial charge is 0.180 e. The number of ether oxygens (including phenoxy) is 1. The molecule has 1 saturated carbocycles. The molecule has 0 aromatic rings. The highest BCUT2D eigenvalue weighted by atomic mass is 16.6. The average molecular weight is 101 g/mol. The van der Waals surface area contributed by atoms with Crippen LogP contribution in [0, 0.1) is 5.92 Å². The van der Waals surface area contributed by atoms with Crippen LogP contribution in [0.4, 0.5) is 0 Å². The van der Waals surface area contributed by atoms with Crippen LogP contribution in [-0.2, 0) is 9.84 Å². The zero-order valence-electron chi connectivity index (χ0n) is 4.22. The Kier molecular flexibility index (Phi) is 1.65. The Morgan fingerprint density at radius 2 is 2.29 bits per heavy atom. The van der Waals surface area contributed by atoms with Crippen molar-refractivity contribution in [2.24, 2.45) is 5.92 Å². The molecule has 0 amide bonds. The summed E-state index contributed by atoms with van der Waals surface area (Å²) in [6.07, 6.45) is 2.53. The summed E-state index contributed by atoms with van der Waals surface area (Å²) in [6, 6.07) is 0. The van der Waals surface area contributed by atoms with Gasteiger partial charge in [0.15, 0.2) is 6.79 Å². The number of rotatable bonds is 3. The molecule has 0 saturated heterocycles. The molecule has 2 nitrogen and oxygen atoms in total. The lowest BCUT2D eigenvalue weighted by Gasteiger charge is -1.91. The van der Waals surface area contributed by atoms with Crippen molar-refractivity contribution in [3.05, 3.63) is 0 Å². The maximum absolute atomic E-state index is 9.64. The molecular weight excluding hydrogens is 92.1 g/mol. The van der Waals surface area contributed by atoms with Gasteiger partial charge in [-0.2, -0.15) is 0 Å². The summed E-state index contributed by atoms with van der Waals surface area (Å²) in [5.41, 5.74) is 0. The van der Waals surface area contributed by atoms with Gasteiger partial charge in [-0.1, -0.05) is 0 Å². The Bertz CT molecular complexity index is 50.0. The van der Waals surface area contributed by atoms with Gasteiger partial charge < -0.3 is 4.74 Å². The van der Waals surface area contributed by atoms with Gasteiger partial charge in [-0.3, -0.25) is 0 Å². The van der Waals surface area contributed by atoms with E-state index in [1.54, 1.807) is 0 Å². The van der Waals surface area contributed by atoms with E-state index >= 15 is 0 Å². The molecular formula is C5H9O2. The van der Waals surface area contributed by atoms with Gasteiger partial charge in [-0.15, -0.1) is 0 Å². The highest BCUT2D eigenvalue weighted by Gasteiger charge is 2.20. The molecule has 41 valence electrons. The van der Waals surface area contributed by atoms with Crippen LogP contribution in [0.1, 0.15) is 12.8 Å². The first kappa shape index (κ1) is 5.06. The third-order valence-electron chi connectivity index (χ3n) is 1.13. The SMILES string of the molecule is [O]COCC1CC1. The Morgan fingerprint density at radius 1 is 1.57 bits per heavy atom. The van der Waals surface area contributed by atoms with Crippen molar-refractivity contribution >= 4 is 0 Å². The van der Waals surface area contributed by atoms with Crippen molar-refractivity contribution in [1.29, 1.82) is 0 Å². The van der Waals surface area contributed by atoms with Crippen LogP contribution in [-0.4, -0.2) is 13.4 Å². The van der Waals surface area contributed by atoms with Gasteiger partial charge in [0.25, 0.3) is 0 Å². The molecule has 0 aromatic carbocycles. The van der Waals surface area contributed by atoms with Crippen LogP contribution >= 0.6 is 0 Å². The molecule has 0 heterocycles. The molecule has 1 radical (unpaired) electrons. The molecule has 1 aliphatic rings. The van der Waals surface area contributed by atoms with Crippen molar-refractivity contribution in [1.82, 2.24) is 0 Å². The number of hydrogen-bond acceptors (Lipinski definition) is 1. The van der Waals surface area contributed by atoms with Gasteiger partial charge in [0, 0.05) is 0 Å². The van der Waals surface area contributed by atoms with E-state index in [4.69, 9.17) is 0 Å². The summed E-state index contributed by atoms with van der Waals surface area (Å²) in [7, 11) is 0. The van der Waals surface area contributed by atoms with Crippen LogP contribution in [0.5, 0.6) is 0 Å². The third kappa shape index (κ3) is 1.90. The predicted octanol–water partition coefficient (Wildman–Crippen LogP) is 0.801. The van der Waals surface area contributed by atoms with E-state index in [0.717, 1.165) is 5.92 Å². The largest absolute Gasteiger partial charge is 0.352 e. The Labute approximate surface area is 43.1 Å². The molecule has 0 atom stereocenters. The molecule has 0 spiro atoms. The third-order valence-corrected chi connectivity index (χ3v) is 1.13. The second-order valence-corrected chi connectivity index (χ2v) is 1.93. The normalized spacial score (nSPS) is 20.1. The lowest BCUT2D eigenvalue weighted by Crippen LogP contribution is -1.94. The van der Waals surface area contributed by atoms with Gasteiger partial charge >= 0.3 is 0 Å². The Balaban J connectivity index is 1.80. The standard InChI is InChI=1S/C5H9O2/c6-4-7-3-5-1-2-5/h5H,1-4H2. The summed E-state index contributed by atoms with van der Waals surface area (Å²) < 4.78 is 4.60. The first-order valence-electron chi connectivity index (χ1n) is 2.59. The summed E-state index contributed by atoms with van der Waals surface area (Å²) in [4.78, 5) is 0. The highest BCUT2D eigenvalue weighted by Crippen LogP contribution is 2.28. The van der Waals surface area contributed by atoms with Gasteiger partial charge in [-0.05, 0) is 18.8 Å². The summed E-state index contributed by atoms with van der Waals surface area (Å²) in [5.74, 6) is 0.731. The topological polar surface area (TPSA) is 29.1 Å².